The van der Waals surface area contributed by atoms with Crippen LogP contribution in [0.5, 0.6) is 0 Å². The van der Waals surface area contributed by atoms with E-state index < -0.39 is 9.84 Å². The average molecular weight is 422 g/mol. The second kappa shape index (κ2) is 8.69. The molecule has 3 rings (SSSR count). The Morgan fingerprint density at radius 3 is 2.61 bits per heavy atom. The van der Waals surface area contributed by atoms with Crippen molar-refractivity contribution >= 4 is 27.5 Å². The van der Waals surface area contributed by atoms with Crippen LogP contribution >= 0.6 is 11.8 Å². The van der Waals surface area contributed by atoms with Gasteiger partial charge in [0.15, 0.2) is 15.0 Å². The molecule has 8 heteroatoms. The van der Waals surface area contributed by atoms with Gasteiger partial charge in [0.25, 0.3) is 0 Å². The molecule has 0 radical (unpaired) electrons. The van der Waals surface area contributed by atoms with Gasteiger partial charge in [-0.15, -0.1) is 0 Å². The molecule has 1 aromatic carbocycles. The quantitative estimate of drug-likeness (QED) is 0.643. The maximum absolute atomic E-state index is 12.9. The Morgan fingerprint density at radius 2 is 2.00 bits per heavy atom. The molecular formula is C20H27N3O3S2. The minimum absolute atomic E-state index is 0.0241. The molecule has 28 heavy (non-hydrogen) atoms. The Labute approximate surface area is 171 Å². The molecule has 1 unspecified atom stereocenters. The van der Waals surface area contributed by atoms with Crippen LogP contribution in [0.25, 0.3) is 5.69 Å². The number of imidazole rings is 1. The summed E-state index contributed by atoms with van der Waals surface area (Å²) in [5.74, 6) is 0.484. The van der Waals surface area contributed by atoms with Crippen LogP contribution in [0, 0.1) is 13.8 Å². The van der Waals surface area contributed by atoms with E-state index in [1.165, 1.54) is 22.9 Å². The Morgan fingerprint density at radius 1 is 1.29 bits per heavy atom. The Kier molecular flexibility index (Phi) is 6.50. The largest absolute Gasteiger partial charge is 0.338 e. The summed E-state index contributed by atoms with van der Waals surface area (Å²) >= 11 is 1.39. The molecular weight excluding hydrogens is 394 g/mol. The van der Waals surface area contributed by atoms with E-state index in [9.17, 15) is 13.2 Å². The minimum atomic E-state index is -3.02. The summed E-state index contributed by atoms with van der Waals surface area (Å²) in [7, 11) is -3.02. The van der Waals surface area contributed by atoms with Gasteiger partial charge in [-0.3, -0.25) is 9.36 Å². The number of benzene rings is 1. The van der Waals surface area contributed by atoms with Crippen LogP contribution in [0.2, 0.25) is 0 Å². The number of hydrogen-bond acceptors (Lipinski definition) is 5. The Hall–Kier alpha value is -1.80. The van der Waals surface area contributed by atoms with Crippen molar-refractivity contribution in [3.05, 3.63) is 41.7 Å². The molecule has 0 aliphatic carbocycles. The number of hydrogen-bond donors (Lipinski definition) is 0. The van der Waals surface area contributed by atoms with Gasteiger partial charge in [0.05, 0.1) is 17.3 Å². The second-order valence-electron chi connectivity index (χ2n) is 7.36. The summed E-state index contributed by atoms with van der Waals surface area (Å²) in [5.41, 5.74) is 3.37. The summed E-state index contributed by atoms with van der Waals surface area (Å²) in [5, 5.41) is 0.758. The fourth-order valence-electron chi connectivity index (χ4n) is 3.66. The highest BCUT2D eigenvalue weighted by Crippen LogP contribution is 2.24. The number of rotatable bonds is 7. The van der Waals surface area contributed by atoms with Crippen LogP contribution in [0.4, 0.5) is 0 Å². The summed E-state index contributed by atoms with van der Waals surface area (Å²) < 4.78 is 25.6. The lowest BCUT2D eigenvalue weighted by Gasteiger charge is -2.27. The Bertz CT molecular complexity index is 933. The van der Waals surface area contributed by atoms with E-state index in [1.54, 1.807) is 11.1 Å². The smallest absolute Gasteiger partial charge is 0.233 e. The van der Waals surface area contributed by atoms with E-state index in [2.05, 4.69) is 37.0 Å². The standard InChI is InChI=1S/C20H27N3O3S2/c1-4-7-22(17-5-9-28(25,26)14-17)19(24)13-27-20-21-6-8-23(20)18-11-15(2)10-16(3)12-18/h6,8,10-12,17H,4-5,7,9,13-14H2,1-3H3. The number of thioether (sulfide) groups is 1. The molecule has 0 bridgehead atoms. The number of aromatic nitrogens is 2. The van der Waals surface area contributed by atoms with E-state index in [-0.39, 0.29) is 29.2 Å². The molecule has 6 nitrogen and oxygen atoms in total. The first kappa shape index (κ1) is 20.9. The van der Waals surface area contributed by atoms with E-state index in [0.717, 1.165) is 17.3 Å². The predicted octanol–water partition coefficient (Wildman–Crippen LogP) is 3.01. The van der Waals surface area contributed by atoms with Crippen LogP contribution in [-0.4, -0.2) is 58.6 Å². The van der Waals surface area contributed by atoms with Crippen LogP contribution in [-0.2, 0) is 14.6 Å². The molecule has 2 aromatic rings. The topological polar surface area (TPSA) is 72.3 Å². The van der Waals surface area contributed by atoms with Gasteiger partial charge >= 0.3 is 0 Å². The monoisotopic (exact) mass is 421 g/mol. The van der Waals surface area contributed by atoms with Gasteiger partial charge in [-0.25, -0.2) is 13.4 Å². The zero-order valence-corrected chi connectivity index (χ0v) is 18.2. The highest BCUT2D eigenvalue weighted by atomic mass is 32.2. The second-order valence-corrected chi connectivity index (χ2v) is 10.5. The van der Waals surface area contributed by atoms with Crippen LogP contribution in [0.15, 0.2) is 35.7 Å². The number of amides is 1. The molecule has 0 spiro atoms. The third-order valence-electron chi connectivity index (χ3n) is 4.85. The van der Waals surface area contributed by atoms with Crippen LogP contribution in [0.1, 0.15) is 30.9 Å². The summed E-state index contributed by atoms with van der Waals surface area (Å²) in [6.07, 6.45) is 4.98. The third kappa shape index (κ3) is 4.97. The van der Waals surface area contributed by atoms with Crippen LogP contribution < -0.4 is 0 Å². The van der Waals surface area contributed by atoms with Gasteiger partial charge in [0.1, 0.15) is 0 Å². The van der Waals surface area contributed by atoms with Crippen molar-refractivity contribution in [3.63, 3.8) is 0 Å². The zero-order chi connectivity index (χ0) is 20.3. The van der Waals surface area contributed by atoms with Gasteiger partial charge in [-0.2, -0.15) is 0 Å². The van der Waals surface area contributed by atoms with Crippen LogP contribution in [0.3, 0.4) is 0 Å². The van der Waals surface area contributed by atoms with Crippen molar-refractivity contribution in [1.29, 1.82) is 0 Å². The van der Waals surface area contributed by atoms with E-state index in [1.807, 2.05) is 17.7 Å². The first-order valence-corrected chi connectivity index (χ1v) is 12.3. The van der Waals surface area contributed by atoms with Crippen molar-refractivity contribution in [1.82, 2.24) is 14.5 Å². The predicted molar refractivity (Wildman–Crippen MR) is 113 cm³/mol. The molecule has 1 fully saturated rings. The summed E-state index contributed by atoms with van der Waals surface area (Å²) in [6, 6.07) is 6.10. The fraction of sp³-hybridized carbons (Fsp3) is 0.500. The number of carbonyl (C=O) groups is 1. The van der Waals surface area contributed by atoms with Crippen molar-refractivity contribution in [3.8, 4) is 5.69 Å². The third-order valence-corrected chi connectivity index (χ3v) is 7.55. The molecule has 2 heterocycles. The highest BCUT2D eigenvalue weighted by molar-refractivity contribution is 7.99. The van der Waals surface area contributed by atoms with E-state index >= 15 is 0 Å². The van der Waals surface area contributed by atoms with Gasteiger partial charge in [-0.1, -0.05) is 24.8 Å². The van der Waals surface area contributed by atoms with Gasteiger partial charge < -0.3 is 4.90 Å². The average Bonchev–Trinajstić information content (AvgIpc) is 3.22. The summed E-state index contributed by atoms with van der Waals surface area (Å²) in [6.45, 7) is 6.71. The number of nitrogens with zero attached hydrogens (tertiary/aromatic N) is 3. The molecule has 1 atom stereocenters. The van der Waals surface area contributed by atoms with Gasteiger partial charge in [0.2, 0.25) is 5.91 Å². The lowest BCUT2D eigenvalue weighted by molar-refractivity contribution is -0.130. The molecule has 1 aromatic heterocycles. The molecule has 1 aliphatic rings. The lowest BCUT2D eigenvalue weighted by Crippen LogP contribution is -2.42. The zero-order valence-electron chi connectivity index (χ0n) is 16.6. The molecule has 0 saturated carbocycles. The first-order valence-electron chi connectivity index (χ1n) is 9.54. The highest BCUT2D eigenvalue weighted by Gasteiger charge is 2.34. The van der Waals surface area contributed by atoms with Crippen molar-refractivity contribution in [2.45, 2.75) is 44.8 Å². The number of carbonyl (C=O) groups excluding carboxylic acids is 1. The maximum atomic E-state index is 12.9. The number of sulfone groups is 1. The summed E-state index contributed by atoms with van der Waals surface area (Å²) in [4.78, 5) is 19.0. The first-order chi connectivity index (χ1) is 13.3. The molecule has 152 valence electrons. The molecule has 0 N–H and O–H groups in total. The Balaban J connectivity index is 1.71. The normalized spacial score (nSPS) is 18.3. The van der Waals surface area contributed by atoms with Crippen molar-refractivity contribution in [2.75, 3.05) is 23.8 Å². The minimum Gasteiger partial charge on any atom is -0.338 e. The number of aryl methyl sites for hydroxylation is 2. The SMILES string of the molecule is CCCN(C(=O)CSc1nccn1-c1cc(C)cc(C)c1)C1CCS(=O)(=O)C1. The van der Waals surface area contributed by atoms with Crippen molar-refractivity contribution in [2.24, 2.45) is 0 Å². The van der Waals surface area contributed by atoms with E-state index in [4.69, 9.17) is 0 Å². The van der Waals surface area contributed by atoms with Gasteiger partial charge in [0, 0.05) is 30.7 Å². The molecule has 1 saturated heterocycles. The van der Waals surface area contributed by atoms with Gasteiger partial charge in [-0.05, 0) is 49.9 Å². The van der Waals surface area contributed by atoms with Crippen molar-refractivity contribution < 1.29 is 13.2 Å². The fourth-order valence-corrected chi connectivity index (χ4v) is 6.25. The van der Waals surface area contributed by atoms with E-state index in [0.29, 0.717) is 13.0 Å². The molecule has 1 aliphatic heterocycles. The maximum Gasteiger partial charge on any atom is 0.233 e. The molecule has 1 amide bonds. The lowest BCUT2D eigenvalue weighted by atomic mass is 10.1.